The van der Waals surface area contributed by atoms with Gasteiger partial charge in [-0.1, -0.05) is 37.6 Å². The van der Waals surface area contributed by atoms with E-state index in [9.17, 15) is 9.18 Å². The van der Waals surface area contributed by atoms with E-state index in [0.29, 0.717) is 10.9 Å². The van der Waals surface area contributed by atoms with Gasteiger partial charge < -0.3 is 0 Å². The molecular weight excluding hydrogens is 325 g/mol. The van der Waals surface area contributed by atoms with Crippen LogP contribution in [0.3, 0.4) is 0 Å². The van der Waals surface area contributed by atoms with E-state index in [0.717, 1.165) is 51.0 Å². The number of pyridine rings is 1. The van der Waals surface area contributed by atoms with Crippen molar-refractivity contribution >= 4 is 38.0 Å². The van der Waals surface area contributed by atoms with Crippen LogP contribution < -0.4 is 5.56 Å². The molecule has 2 aromatic heterocycles. The fourth-order valence-electron chi connectivity index (χ4n) is 4.39. The lowest BCUT2D eigenvalue weighted by atomic mass is 9.96. The Labute approximate surface area is 149 Å². The van der Waals surface area contributed by atoms with Crippen molar-refractivity contribution in [1.82, 2.24) is 4.40 Å². The zero-order chi connectivity index (χ0) is 18.0. The SMILES string of the molecule is CCCc1c2ccc(F)cc2n2c(=O)c3cccc4ccc(C)c(c43)c12. The van der Waals surface area contributed by atoms with Gasteiger partial charge in [-0.15, -0.1) is 0 Å². The van der Waals surface area contributed by atoms with Crippen molar-refractivity contribution in [2.75, 3.05) is 0 Å². The first-order valence-electron chi connectivity index (χ1n) is 9.02. The van der Waals surface area contributed by atoms with Crippen LogP contribution in [0.2, 0.25) is 0 Å². The molecule has 0 unspecified atom stereocenters. The topological polar surface area (TPSA) is 21.5 Å². The molecule has 0 spiro atoms. The average molecular weight is 343 g/mol. The summed E-state index contributed by atoms with van der Waals surface area (Å²) in [7, 11) is 0. The molecule has 0 radical (unpaired) electrons. The summed E-state index contributed by atoms with van der Waals surface area (Å²) in [5.41, 5.74) is 3.82. The molecule has 3 aromatic carbocycles. The summed E-state index contributed by atoms with van der Waals surface area (Å²) in [4.78, 5) is 13.4. The largest absolute Gasteiger partial charge is 0.275 e. The maximum atomic E-state index is 14.0. The summed E-state index contributed by atoms with van der Waals surface area (Å²) in [6.07, 6.45) is 1.82. The van der Waals surface area contributed by atoms with Crippen molar-refractivity contribution in [3.63, 3.8) is 0 Å². The minimum Gasteiger partial charge on any atom is -0.275 e. The highest BCUT2D eigenvalue weighted by molar-refractivity contribution is 6.19. The minimum atomic E-state index is -0.317. The number of benzene rings is 3. The van der Waals surface area contributed by atoms with Gasteiger partial charge in [-0.2, -0.15) is 0 Å². The smallest absolute Gasteiger partial charge is 0.263 e. The predicted octanol–water partition coefficient (Wildman–Crippen LogP) is 5.60. The van der Waals surface area contributed by atoms with E-state index in [2.05, 4.69) is 26.0 Å². The molecule has 0 saturated heterocycles. The number of fused-ring (bicyclic) bond motifs is 4. The molecule has 0 fully saturated rings. The molecule has 128 valence electrons. The Balaban J connectivity index is 2.23. The summed E-state index contributed by atoms with van der Waals surface area (Å²) in [6, 6.07) is 14.8. The fourth-order valence-corrected chi connectivity index (χ4v) is 4.39. The van der Waals surface area contributed by atoms with Crippen LogP contribution in [0.15, 0.2) is 53.3 Å². The lowest BCUT2D eigenvalue weighted by Gasteiger charge is -2.11. The Hall–Kier alpha value is -2.94. The van der Waals surface area contributed by atoms with Gasteiger partial charge in [0.05, 0.1) is 11.0 Å². The Morgan fingerprint density at radius 1 is 1.00 bits per heavy atom. The van der Waals surface area contributed by atoms with Crippen molar-refractivity contribution in [3.05, 3.63) is 75.8 Å². The number of aryl methyl sites for hydroxylation is 2. The molecule has 0 aliphatic heterocycles. The second kappa shape index (κ2) is 5.28. The minimum absolute atomic E-state index is 0.0679. The number of halogens is 1. The Morgan fingerprint density at radius 2 is 1.85 bits per heavy atom. The summed E-state index contributed by atoms with van der Waals surface area (Å²) < 4.78 is 15.7. The summed E-state index contributed by atoms with van der Waals surface area (Å²) in [5.74, 6) is -0.317. The second-order valence-corrected chi connectivity index (χ2v) is 7.04. The van der Waals surface area contributed by atoms with Gasteiger partial charge in [-0.25, -0.2) is 4.39 Å². The molecule has 2 heterocycles. The Bertz CT molecular complexity index is 1380. The molecule has 0 saturated carbocycles. The van der Waals surface area contributed by atoms with Crippen LogP contribution in [0.4, 0.5) is 4.39 Å². The molecular formula is C23H18FNO. The Kier molecular flexibility index (Phi) is 3.11. The zero-order valence-electron chi connectivity index (χ0n) is 14.8. The third kappa shape index (κ3) is 1.83. The summed E-state index contributed by atoms with van der Waals surface area (Å²) >= 11 is 0. The fraction of sp³-hybridized carbons (Fsp3) is 0.174. The first-order valence-corrected chi connectivity index (χ1v) is 9.02. The first kappa shape index (κ1) is 15.3. The molecule has 5 aromatic rings. The molecule has 2 nitrogen and oxygen atoms in total. The van der Waals surface area contributed by atoms with Crippen LogP contribution in [-0.2, 0) is 6.42 Å². The van der Waals surface area contributed by atoms with E-state index < -0.39 is 0 Å². The third-order valence-corrected chi connectivity index (χ3v) is 5.46. The molecule has 0 aliphatic carbocycles. The van der Waals surface area contributed by atoms with Gasteiger partial charge in [-0.3, -0.25) is 9.20 Å². The Morgan fingerprint density at radius 3 is 2.65 bits per heavy atom. The molecule has 5 rings (SSSR count). The van der Waals surface area contributed by atoms with E-state index in [4.69, 9.17) is 0 Å². The number of aromatic nitrogens is 1. The lowest BCUT2D eigenvalue weighted by molar-refractivity contribution is 0.629. The maximum absolute atomic E-state index is 14.0. The second-order valence-electron chi connectivity index (χ2n) is 7.04. The van der Waals surface area contributed by atoms with Gasteiger partial charge in [-0.05, 0) is 54.1 Å². The van der Waals surface area contributed by atoms with E-state index in [1.54, 1.807) is 4.40 Å². The van der Waals surface area contributed by atoms with Gasteiger partial charge in [0, 0.05) is 21.5 Å². The van der Waals surface area contributed by atoms with E-state index in [-0.39, 0.29) is 11.4 Å². The van der Waals surface area contributed by atoms with Crippen LogP contribution >= 0.6 is 0 Å². The third-order valence-electron chi connectivity index (χ3n) is 5.46. The highest BCUT2D eigenvalue weighted by Crippen LogP contribution is 2.37. The van der Waals surface area contributed by atoms with Crippen LogP contribution in [0.5, 0.6) is 0 Å². The normalized spacial score (nSPS) is 12.1. The van der Waals surface area contributed by atoms with Crippen LogP contribution in [0.1, 0.15) is 24.5 Å². The van der Waals surface area contributed by atoms with Gasteiger partial charge in [0.2, 0.25) is 0 Å². The van der Waals surface area contributed by atoms with Crippen molar-refractivity contribution < 1.29 is 4.39 Å². The van der Waals surface area contributed by atoms with Crippen molar-refractivity contribution in [2.24, 2.45) is 0 Å². The molecule has 0 bridgehead atoms. The van der Waals surface area contributed by atoms with Crippen molar-refractivity contribution in [2.45, 2.75) is 26.7 Å². The zero-order valence-corrected chi connectivity index (χ0v) is 14.8. The molecule has 0 atom stereocenters. The molecule has 0 N–H and O–H groups in total. The van der Waals surface area contributed by atoms with Crippen LogP contribution in [0, 0.1) is 12.7 Å². The monoisotopic (exact) mass is 343 g/mol. The predicted molar refractivity (Wildman–Crippen MR) is 106 cm³/mol. The van der Waals surface area contributed by atoms with Gasteiger partial charge >= 0.3 is 0 Å². The standard InChI is InChI=1S/C23H18FNO/c1-3-5-17-16-11-10-15(24)12-19(16)25-22(17)20-13(2)8-9-14-6-4-7-18(21(14)20)23(25)26/h4,6-12H,3,5H2,1-2H3. The maximum Gasteiger partial charge on any atom is 0.263 e. The summed E-state index contributed by atoms with van der Waals surface area (Å²) in [5, 5.41) is 4.86. The highest BCUT2D eigenvalue weighted by atomic mass is 19.1. The number of hydrogen-bond acceptors (Lipinski definition) is 1. The molecule has 0 amide bonds. The van der Waals surface area contributed by atoms with E-state index >= 15 is 0 Å². The van der Waals surface area contributed by atoms with Crippen molar-refractivity contribution in [1.29, 1.82) is 0 Å². The molecule has 26 heavy (non-hydrogen) atoms. The summed E-state index contributed by atoms with van der Waals surface area (Å²) in [6.45, 7) is 4.21. The average Bonchev–Trinajstić information content (AvgIpc) is 2.94. The van der Waals surface area contributed by atoms with E-state index in [1.165, 1.54) is 12.1 Å². The first-order chi connectivity index (χ1) is 12.6. The number of hydrogen-bond donors (Lipinski definition) is 0. The highest BCUT2D eigenvalue weighted by Gasteiger charge is 2.20. The lowest BCUT2D eigenvalue weighted by Crippen LogP contribution is -2.13. The van der Waals surface area contributed by atoms with Gasteiger partial charge in [0.15, 0.2) is 0 Å². The van der Waals surface area contributed by atoms with Crippen LogP contribution in [0.25, 0.3) is 38.0 Å². The van der Waals surface area contributed by atoms with Crippen LogP contribution in [-0.4, -0.2) is 4.40 Å². The number of rotatable bonds is 2. The van der Waals surface area contributed by atoms with Crippen molar-refractivity contribution in [3.8, 4) is 0 Å². The quantitative estimate of drug-likeness (QED) is 0.409. The van der Waals surface area contributed by atoms with Gasteiger partial charge in [0.1, 0.15) is 5.82 Å². The molecule has 0 aliphatic rings. The van der Waals surface area contributed by atoms with Gasteiger partial charge in [0.25, 0.3) is 5.56 Å². The molecule has 3 heteroatoms. The van der Waals surface area contributed by atoms with E-state index in [1.807, 2.05) is 24.3 Å². The number of nitrogens with zero attached hydrogens (tertiary/aromatic N) is 1.